The molecule has 1 unspecified atom stereocenters. The predicted octanol–water partition coefficient (Wildman–Crippen LogP) is 1.23. The molecule has 0 aliphatic carbocycles. The molecular weight excluding hydrogens is 268 g/mol. The number of hydrazine groups is 1. The summed E-state index contributed by atoms with van der Waals surface area (Å²) in [7, 11) is 0. The number of carbonyl (C=O) groups excluding carboxylic acids is 1. The maximum atomic E-state index is 12.0. The Balaban J connectivity index is 2.10. The van der Waals surface area contributed by atoms with Gasteiger partial charge in [-0.25, -0.2) is 10.8 Å². The molecule has 2 heterocycles. The van der Waals surface area contributed by atoms with Crippen LogP contribution in [0.3, 0.4) is 0 Å². The highest BCUT2D eigenvalue weighted by Gasteiger charge is 2.14. The fourth-order valence-corrected chi connectivity index (χ4v) is 1.75. The number of rotatable bonds is 4. The lowest BCUT2D eigenvalue weighted by molar-refractivity contribution is 0.0939. The van der Waals surface area contributed by atoms with Crippen LogP contribution in [-0.4, -0.2) is 21.1 Å². The highest BCUT2D eigenvalue weighted by atomic mass is 35.5. The van der Waals surface area contributed by atoms with Gasteiger partial charge in [-0.3, -0.25) is 9.89 Å². The Morgan fingerprint density at radius 2 is 2.32 bits per heavy atom. The third-order valence-corrected chi connectivity index (χ3v) is 2.90. The normalized spacial score (nSPS) is 11.9. The number of anilines is 1. The standard InChI is InChI=1S/C11H13ClN6O/c1-6(8-4-15-16-5-8)17-11(19)7-2-9(12)10(18-13)14-3-7/h2-6H,13H2,1H3,(H,14,18)(H,15,16)(H,17,19). The summed E-state index contributed by atoms with van der Waals surface area (Å²) in [5.74, 6) is 5.26. The van der Waals surface area contributed by atoms with E-state index >= 15 is 0 Å². The summed E-state index contributed by atoms with van der Waals surface area (Å²) >= 11 is 5.91. The number of nitrogen functional groups attached to an aromatic ring is 1. The number of pyridine rings is 1. The highest BCUT2D eigenvalue weighted by molar-refractivity contribution is 6.33. The molecule has 0 aliphatic rings. The van der Waals surface area contributed by atoms with E-state index in [1.54, 1.807) is 12.4 Å². The number of nitrogens with one attached hydrogen (secondary N) is 3. The summed E-state index contributed by atoms with van der Waals surface area (Å²) in [6, 6.07) is 1.33. The van der Waals surface area contributed by atoms with Crippen molar-refractivity contribution in [2.45, 2.75) is 13.0 Å². The summed E-state index contributed by atoms with van der Waals surface area (Å²) in [6.07, 6.45) is 4.77. The van der Waals surface area contributed by atoms with Gasteiger partial charge in [-0.2, -0.15) is 5.10 Å². The Bertz CT molecular complexity index is 571. The van der Waals surface area contributed by atoms with Crippen molar-refractivity contribution in [2.24, 2.45) is 5.84 Å². The average Bonchev–Trinajstić information content (AvgIpc) is 2.92. The Morgan fingerprint density at radius 3 is 2.89 bits per heavy atom. The van der Waals surface area contributed by atoms with E-state index in [0.717, 1.165) is 5.56 Å². The molecule has 100 valence electrons. The number of amides is 1. The highest BCUT2D eigenvalue weighted by Crippen LogP contribution is 2.19. The molecule has 0 aliphatic heterocycles. The third-order valence-electron chi connectivity index (χ3n) is 2.61. The fourth-order valence-electron chi connectivity index (χ4n) is 1.53. The van der Waals surface area contributed by atoms with Crippen molar-refractivity contribution in [3.63, 3.8) is 0 Å². The van der Waals surface area contributed by atoms with Crippen molar-refractivity contribution in [3.05, 3.63) is 40.8 Å². The maximum absolute atomic E-state index is 12.0. The molecule has 0 saturated carbocycles. The van der Waals surface area contributed by atoms with Crippen LogP contribution in [0.15, 0.2) is 24.7 Å². The van der Waals surface area contributed by atoms with E-state index in [1.165, 1.54) is 12.3 Å². The van der Waals surface area contributed by atoms with Crippen LogP contribution in [0.25, 0.3) is 0 Å². The van der Waals surface area contributed by atoms with E-state index in [2.05, 4.69) is 25.9 Å². The van der Waals surface area contributed by atoms with Gasteiger partial charge in [-0.15, -0.1) is 0 Å². The van der Waals surface area contributed by atoms with Gasteiger partial charge in [-0.05, 0) is 13.0 Å². The molecule has 0 bridgehead atoms. The summed E-state index contributed by atoms with van der Waals surface area (Å²) in [5, 5.41) is 9.62. The Kier molecular flexibility index (Phi) is 3.98. The van der Waals surface area contributed by atoms with Crippen LogP contribution >= 0.6 is 11.6 Å². The van der Waals surface area contributed by atoms with Crippen LogP contribution in [0.5, 0.6) is 0 Å². The largest absolute Gasteiger partial charge is 0.345 e. The van der Waals surface area contributed by atoms with Crippen LogP contribution in [0.2, 0.25) is 5.02 Å². The molecule has 0 fully saturated rings. The minimum absolute atomic E-state index is 0.169. The van der Waals surface area contributed by atoms with Crippen molar-refractivity contribution >= 4 is 23.3 Å². The molecule has 0 aromatic carbocycles. The number of aromatic nitrogens is 3. The number of halogens is 1. The van der Waals surface area contributed by atoms with E-state index in [4.69, 9.17) is 17.4 Å². The molecule has 19 heavy (non-hydrogen) atoms. The van der Waals surface area contributed by atoms with Crippen LogP contribution in [0, 0.1) is 0 Å². The SMILES string of the molecule is CC(NC(=O)c1cnc(NN)c(Cl)c1)c1cn[nH]c1. The monoisotopic (exact) mass is 280 g/mol. The van der Waals surface area contributed by atoms with Gasteiger partial charge < -0.3 is 10.7 Å². The molecule has 1 atom stereocenters. The lowest BCUT2D eigenvalue weighted by Crippen LogP contribution is -2.26. The first-order valence-corrected chi connectivity index (χ1v) is 5.91. The lowest BCUT2D eigenvalue weighted by atomic mass is 10.1. The number of hydrogen-bond acceptors (Lipinski definition) is 5. The quantitative estimate of drug-likeness (QED) is 0.498. The summed E-state index contributed by atoms with van der Waals surface area (Å²) in [5.41, 5.74) is 3.58. The zero-order valence-electron chi connectivity index (χ0n) is 10.1. The van der Waals surface area contributed by atoms with E-state index in [0.29, 0.717) is 11.4 Å². The second-order valence-electron chi connectivity index (χ2n) is 3.93. The van der Waals surface area contributed by atoms with Crippen LogP contribution in [0.1, 0.15) is 28.9 Å². The zero-order valence-corrected chi connectivity index (χ0v) is 10.9. The van der Waals surface area contributed by atoms with E-state index < -0.39 is 0 Å². The molecule has 7 nitrogen and oxygen atoms in total. The molecule has 2 aromatic rings. The van der Waals surface area contributed by atoms with Crippen LogP contribution < -0.4 is 16.6 Å². The van der Waals surface area contributed by atoms with Gasteiger partial charge in [0.1, 0.15) is 0 Å². The number of carbonyl (C=O) groups is 1. The van der Waals surface area contributed by atoms with Gasteiger partial charge in [-0.1, -0.05) is 11.6 Å². The second-order valence-corrected chi connectivity index (χ2v) is 4.33. The van der Waals surface area contributed by atoms with Gasteiger partial charge in [0.25, 0.3) is 5.91 Å². The number of nitrogens with two attached hydrogens (primary N) is 1. The maximum Gasteiger partial charge on any atom is 0.253 e. The third kappa shape index (κ3) is 3.01. The smallest absolute Gasteiger partial charge is 0.253 e. The van der Waals surface area contributed by atoms with E-state index in [-0.39, 0.29) is 17.0 Å². The van der Waals surface area contributed by atoms with Gasteiger partial charge in [0.05, 0.1) is 22.8 Å². The first kappa shape index (κ1) is 13.3. The number of hydrogen-bond donors (Lipinski definition) is 4. The summed E-state index contributed by atoms with van der Waals surface area (Å²) < 4.78 is 0. The molecule has 2 aromatic heterocycles. The van der Waals surface area contributed by atoms with Crippen molar-refractivity contribution in [1.29, 1.82) is 0 Å². The van der Waals surface area contributed by atoms with Crippen LogP contribution in [0.4, 0.5) is 5.82 Å². The number of nitrogens with zero attached hydrogens (tertiary/aromatic N) is 2. The van der Waals surface area contributed by atoms with Crippen molar-refractivity contribution in [3.8, 4) is 0 Å². The van der Waals surface area contributed by atoms with Crippen LogP contribution in [-0.2, 0) is 0 Å². The fraction of sp³-hybridized carbons (Fsp3) is 0.182. The molecule has 2 rings (SSSR count). The van der Waals surface area contributed by atoms with Gasteiger partial charge in [0.2, 0.25) is 0 Å². The second kappa shape index (κ2) is 5.68. The summed E-state index contributed by atoms with van der Waals surface area (Å²) in [4.78, 5) is 16.0. The molecular formula is C11H13ClN6O. The van der Waals surface area contributed by atoms with Crippen molar-refractivity contribution in [2.75, 3.05) is 5.43 Å². The molecule has 0 saturated heterocycles. The molecule has 0 radical (unpaired) electrons. The van der Waals surface area contributed by atoms with E-state index in [9.17, 15) is 4.79 Å². The van der Waals surface area contributed by atoms with Crippen molar-refractivity contribution < 1.29 is 4.79 Å². The molecule has 0 spiro atoms. The van der Waals surface area contributed by atoms with Crippen molar-refractivity contribution in [1.82, 2.24) is 20.5 Å². The average molecular weight is 281 g/mol. The Labute approximate surface area is 114 Å². The molecule has 8 heteroatoms. The first-order chi connectivity index (χ1) is 9.11. The van der Waals surface area contributed by atoms with Gasteiger partial charge in [0, 0.05) is 18.0 Å². The minimum atomic E-state index is -0.272. The molecule has 5 N–H and O–H groups in total. The van der Waals surface area contributed by atoms with Gasteiger partial charge >= 0.3 is 0 Å². The Hall–Kier alpha value is -2.12. The predicted molar refractivity (Wildman–Crippen MR) is 71.5 cm³/mol. The topological polar surface area (TPSA) is 109 Å². The zero-order chi connectivity index (χ0) is 13.8. The van der Waals surface area contributed by atoms with E-state index in [1.807, 2.05) is 6.92 Å². The lowest BCUT2D eigenvalue weighted by Gasteiger charge is -2.12. The summed E-state index contributed by atoms with van der Waals surface area (Å²) in [6.45, 7) is 1.85. The Morgan fingerprint density at radius 1 is 1.53 bits per heavy atom. The first-order valence-electron chi connectivity index (χ1n) is 5.53. The number of H-pyrrole nitrogens is 1. The minimum Gasteiger partial charge on any atom is -0.345 e. The van der Waals surface area contributed by atoms with Gasteiger partial charge in [0.15, 0.2) is 5.82 Å². The molecule has 1 amide bonds. The number of aromatic amines is 1.